The molecule has 0 aliphatic rings. The van der Waals surface area contributed by atoms with Gasteiger partial charge in [-0.2, -0.15) is 0 Å². The van der Waals surface area contributed by atoms with Gasteiger partial charge in [0.1, 0.15) is 6.04 Å². The topological polar surface area (TPSA) is 116 Å². The molecule has 0 bridgehead atoms. The first-order chi connectivity index (χ1) is 11.4. The van der Waals surface area contributed by atoms with E-state index >= 15 is 0 Å². The Balaban J connectivity index is 2.60. The molecule has 4 N–H and O–H groups in total. The lowest BCUT2D eigenvalue weighted by atomic mass is 10.1. The zero-order valence-electron chi connectivity index (χ0n) is 15.1. The molecule has 3 amide bonds. The third kappa shape index (κ3) is 7.88. The van der Waals surface area contributed by atoms with E-state index in [-0.39, 0.29) is 5.75 Å². The fraction of sp³-hybridized carbons (Fsp3) is 0.500. The summed E-state index contributed by atoms with van der Waals surface area (Å²) in [5.74, 6) is -0.488. The van der Waals surface area contributed by atoms with Crippen molar-refractivity contribution in [1.29, 1.82) is 0 Å². The molecule has 1 atom stereocenters. The number of rotatable bonds is 6. The van der Waals surface area contributed by atoms with Gasteiger partial charge in [-0.3, -0.25) is 14.8 Å². The Morgan fingerprint density at radius 2 is 1.60 bits per heavy atom. The number of carbonyl (C=O) groups excluding carboxylic acids is 2. The van der Waals surface area contributed by atoms with Gasteiger partial charge in [0.25, 0.3) is 0 Å². The normalized spacial score (nSPS) is 12.8. The van der Waals surface area contributed by atoms with E-state index in [0.717, 1.165) is 0 Å². The van der Waals surface area contributed by atoms with E-state index in [1.54, 1.807) is 38.1 Å². The standard InChI is InChI=1S/C16H26N4O4S/c1-6-25(23,24)20-13-9-7-12(8-10-13)17-11(2)14(21)18-15(22)19-16(3,4)5/h7-11,17,20H,6H2,1-5H3,(H2,18,19,21,22)/t11-/m0/s1. The summed E-state index contributed by atoms with van der Waals surface area (Å²) in [5.41, 5.74) is 0.621. The zero-order chi connectivity index (χ0) is 19.3. The summed E-state index contributed by atoms with van der Waals surface area (Å²) in [7, 11) is -3.33. The van der Waals surface area contributed by atoms with Gasteiger partial charge in [0, 0.05) is 16.9 Å². The molecule has 0 aliphatic carbocycles. The number of hydrogen-bond acceptors (Lipinski definition) is 5. The molecule has 0 saturated carbocycles. The van der Waals surface area contributed by atoms with Crippen LogP contribution in [-0.4, -0.2) is 37.7 Å². The number of nitrogens with one attached hydrogen (secondary N) is 4. The number of anilines is 2. The lowest BCUT2D eigenvalue weighted by Crippen LogP contribution is -2.51. The largest absolute Gasteiger partial charge is 0.374 e. The Labute approximate surface area is 148 Å². The average molecular weight is 370 g/mol. The average Bonchev–Trinajstić information content (AvgIpc) is 2.47. The Bertz CT molecular complexity index is 709. The number of sulfonamides is 1. The van der Waals surface area contributed by atoms with Crippen molar-refractivity contribution in [1.82, 2.24) is 10.6 Å². The third-order valence-corrected chi connectivity index (χ3v) is 4.35. The van der Waals surface area contributed by atoms with E-state index in [4.69, 9.17) is 0 Å². The van der Waals surface area contributed by atoms with Gasteiger partial charge in [-0.15, -0.1) is 0 Å². The minimum absolute atomic E-state index is 0.0131. The summed E-state index contributed by atoms with van der Waals surface area (Å²) in [5, 5.41) is 7.85. The van der Waals surface area contributed by atoms with Crippen molar-refractivity contribution in [3.8, 4) is 0 Å². The van der Waals surface area contributed by atoms with Crippen LogP contribution in [0.4, 0.5) is 16.2 Å². The van der Waals surface area contributed by atoms with Crippen molar-refractivity contribution in [2.24, 2.45) is 0 Å². The molecular weight excluding hydrogens is 344 g/mol. The SMILES string of the molecule is CCS(=O)(=O)Nc1ccc(N[C@@H](C)C(=O)NC(=O)NC(C)(C)C)cc1. The van der Waals surface area contributed by atoms with Crippen LogP contribution in [0.3, 0.4) is 0 Å². The molecule has 0 heterocycles. The summed E-state index contributed by atoms with van der Waals surface area (Å²) in [4.78, 5) is 23.7. The van der Waals surface area contributed by atoms with E-state index < -0.39 is 33.5 Å². The molecule has 0 fully saturated rings. The van der Waals surface area contributed by atoms with Crippen LogP contribution in [0.25, 0.3) is 0 Å². The van der Waals surface area contributed by atoms with Gasteiger partial charge >= 0.3 is 6.03 Å². The summed E-state index contributed by atoms with van der Waals surface area (Å²) in [6, 6.07) is 5.26. The van der Waals surface area contributed by atoms with Gasteiger partial charge in [0.2, 0.25) is 15.9 Å². The van der Waals surface area contributed by atoms with Crippen molar-refractivity contribution in [2.45, 2.75) is 46.2 Å². The second-order valence-corrected chi connectivity index (χ2v) is 8.65. The Kier molecular flexibility index (Phi) is 6.80. The first-order valence-electron chi connectivity index (χ1n) is 7.92. The van der Waals surface area contributed by atoms with E-state index in [9.17, 15) is 18.0 Å². The van der Waals surface area contributed by atoms with Crippen LogP contribution in [0.2, 0.25) is 0 Å². The van der Waals surface area contributed by atoms with E-state index in [0.29, 0.717) is 11.4 Å². The van der Waals surface area contributed by atoms with E-state index in [2.05, 4.69) is 20.7 Å². The fourth-order valence-electron chi connectivity index (χ4n) is 1.79. The van der Waals surface area contributed by atoms with Crippen molar-refractivity contribution in [3.05, 3.63) is 24.3 Å². The first-order valence-corrected chi connectivity index (χ1v) is 9.57. The molecule has 0 aliphatic heterocycles. The molecule has 9 heteroatoms. The predicted molar refractivity (Wildman–Crippen MR) is 99.0 cm³/mol. The first kappa shape index (κ1) is 20.8. The fourth-order valence-corrected chi connectivity index (χ4v) is 2.43. The molecule has 140 valence electrons. The molecule has 0 spiro atoms. The molecule has 25 heavy (non-hydrogen) atoms. The maximum absolute atomic E-state index is 12.0. The summed E-state index contributed by atoms with van der Waals surface area (Å²) >= 11 is 0. The van der Waals surface area contributed by atoms with Crippen LogP contribution in [0.1, 0.15) is 34.6 Å². The van der Waals surface area contributed by atoms with Gasteiger partial charge in [-0.1, -0.05) is 0 Å². The zero-order valence-corrected chi connectivity index (χ0v) is 16.0. The maximum Gasteiger partial charge on any atom is 0.321 e. The quantitative estimate of drug-likeness (QED) is 0.610. The highest BCUT2D eigenvalue weighted by atomic mass is 32.2. The van der Waals surface area contributed by atoms with Crippen LogP contribution >= 0.6 is 0 Å². The van der Waals surface area contributed by atoms with Gasteiger partial charge in [0.15, 0.2) is 0 Å². The lowest BCUT2D eigenvalue weighted by Gasteiger charge is -2.21. The Morgan fingerprint density at radius 1 is 1.08 bits per heavy atom. The Hall–Kier alpha value is -2.29. The van der Waals surface area contributed by atoms with Gasteiger partial charge < -0.3 is 10.6 Å². The summed E-state index contributed by atoms with van der Waals surface area (Å²) in [6.45, 7) is 8.61. The van der Waals surface area contributed by atoms with Crippen LogP contribution in [0.15, 0.2) is 24.3 Å². The van der Waals surface area contributed by atoms with Crippen molar-refractivity contribution >= 4 is 33.3 Å². The minimum atomic E-state index is -3.33. The third-order valence-electron chi connectivity index (χ3n) is 3.04. The maximum atomic E-state index is 12.0. The number of benzene rings is 1. The number of hydrogen-bond donors (Lipinski definition) is 4. The highest BCUT2D eigenvalue weighted by Crippen LogP contribution is 2.15. The molecule has 0 saturated heterocycles. The van der Waals surface area contributed by atoms with E-state index in [1.165, 1.54) is 0 Å². The van der Waals surface area contributed by atoms with E-state index in [1.807, 2.05) is 20.8 Å². The van der Waals surface area contributed by atoms with Crippen LogP contribution < -0.4 is 20.7 Å². The summed E-state index contributed by atoms with van der Waals surface area (Å²) < 4.78 is 25.4. The summed E-state index contributed by atoms with van der Waals surface area (Å²) in [6.07, 6.45) is 0. The second-order valence-electron chi connectivity index (χ2n) is 6.64. The van der Waals surface area contributed by atoms with Gasteiger partial charge in [0.05, 0.1) is 5.75 Å². The highest BCUT2D eigenvalue weighted by molar-refractivity contribution is 7.92. The van der Waals surface area contributed by atoms with Gasteiger partial charge in [-0.25, -0.2) is 13.2 Å². The molecule has 1 rings (SSSR count). The molecule has 0 unspecified atom stereocenters. The van der Waals surface area contributed by atoms with Gasteiger partial charge in [-0.05, 0) is 58.9 Å². The smallest absolute Gasteiger partial charge is 0.321 e. The predicted octanol–water partition coefficient (Wildman–Crippen LogP) is 1.87. The van der Waals surface area contributed by atoms with Crippen molar-refractivity contribution in [3.63, 3.8) is 0 Å². The Morgan fingerprint density at radius 3 is 2.08 bits per heavy atom. The van der Waals surface area contributed by atoms with Crippen molar-refractivity contribution in [2.75, 3.05) is 15.8 Å². The molecule has 1 aromatic carbocycles. The second kappa shape index (κ2) is 8.19. The molecule has 8 nitrogen and oxygen atoms in total. The monoisotopic (exact) mass is 370 g/mol. The molecule has 1 aromatic rings. The van der Waals surface area contributed by atoms with Crippen molar-refractivity contribution < 1.29 is 18.0 Å². The minimum Gasteiger partial charge on any atom is -0.374 e. The lowest BCUT2D eigenvalue weighted by molar-refractivity contribution is -0.120. The molecule has 0 aromatic heterocycles. The molecule has 0 radical (unpaired) electrons. The number of carbonyl (C=O) groups is 2. The number of amides is 3. The molecular formula is C16H26N4O4S. The highest BCUT2D eigenvalue weighted by Gasteiger charge is 2.19. The number of imide groups is 1. The van der Waals surface area contributed by atoms with Crippen LogP contribution in [-0.2, 0) is 14.8 Å². The van der Waals surface area contributed by atoms with Crippen LogP contribution in [0, 0.1) is 0 Å². The van der Waals surface area contributed by atoms with Crippen LogP contribution in [0.5, 0.6) is 0 Å². The number of urea groups is 1.